The van der Waals surface area contributed by atoms with Gasteiger partial charge in [0.25, 0.3) is 0 Å². The molecule has 0 unspecified atom stereocenters. The van der Waals surface area contributed by atoms with E-state index in [4.69, 9.17) is 10.2 Å². The summed E-state index contributed by atoms with van der Waals surface area (Å²) in [6, 6.07) is 0. The van der Waals surface area contributed by atoms with E-state index >= 15 is 0 Å². The number of nitrogens with two attached hydrogens (primary N) is 1. The highest BCUT2D eigenvalue weighted by atomic mass is 16.3. The SMILES string of the molecule is NCc1ncoc1C1CCC1. The molecule has 2 N–H and O–H groups in total. The molecule has 1 aromatic rings. The molecular formula is C8H12N2O. The number of rotatable bonds is 2. The standard InChI is InChI=1S/C8H12N2O/c9-4-7-8(11-5-10-7)6-2-1-3-6/h5-6H,1-4,9H2. The van der Waals surface area contributed by atoms with E-state index in [-0.39, 0.29) is 0 Å². The van der Waals surface area contributed by atoms with Crippen molar-refractivity contribution < 1.29 is 4.42 Å². The fourth-order valence-electron chi connectivity index (χ4n) is 1.43. The lowest BCUT2D eigenvalue weighted by molar-refractivity contribution is 0.343. The van der Waals surface area contributed by atoms with Crippen LogP contribution in [-0.4, -0.2) is 4.98 Å². The quantitative estimate of drug-likeness (QED) is 0.696. The lowest BCUT2D eigenvalue weighted by atomic mass is 9.83. The molecule has 1 aromatic heterocycles. The highest BCUT2D eigenvalue weighted by Crippen LogP contribution is 2.37. The number of oxazole rings is 1. The van der Waals surface area contributed by atoms with Gasteiger partial charge in [0.2, 0.25) is 0 Å². The van der Waals surface area contributed by atoms with Crippen LogP contribution in [0.4, 0.5) is 0 Å². The molecule has 0 aliphatic heterocycles. The van der Waals surface area contributed by atoms with Crippen molar-refractivity contribution in [1.29, 1.82) is 0 Å². The van der Waals surface area contributed by atoms with Crippen molar-refractivity contribution >= 4 is 0 Å². The van der Waals surface area contributed by atoms with Crippen LogP contribution in [-0.2, 0) is 6.54 Å². The summed E-state index contributed by atoms with van der Waals surface area (Å²) in [6.07, 6.45) is 5.29. The molecule has 0 aromatic carbocycles. The highest BCUT2D eigenvalue weighted by molar-refractivity contribution is 5.14. The zero-order chi connectivity index (χ0) is 7.68. The van der Waals surface area contributed by atoms with Gasteiger partial charge in [-0.1, -0.05) is 6.42 Å². The topological polar surface area (TPSA) is 52.0 Å². The average Bonchev–Trinajstić information content (AvgIpc) is 2.32. The Morgan fingerprint density at radius 3 is 3.00 bits per heavy atom. The molecule has 0 spiro atoms. The molecule has 1 aliphatic carbocycles. The lowest BCUT2D eigenvalue weighted by Crippen LogP contribution is -2.11. The molecule has 0 atom stereocenters. The number of hydrogen-bond acceptors (Lipinski definition) is 3. The Morgan fingerprint density at radius 1 is 1.64 bits per heavy atom. The molecule has 0 amide bonds. The fraction of sp³-hybridized carbons (Fsp3) is 0.625. The van der Waals surface area contributed by atoms with Gasteiger partial charge in [0.1, 0.15) is 5.76 Å². The van der Waals surface area contributed by atoms with E-state index in [1.54, 1.807) is 0 Å². The summed E-state index contributed by atoms with van der Waals surface area (Å²) in [7, 11) is 0. The molecular weight excluding hydrogens is 140 g/mol. The normalized spacial score (nSPS) is 18.3. The lowest BCUT2D eigenvalue weighted by Gasteiger charge is -2.23. The second-order valence-electron chi connectivity index (χ2n) is 3.00. The first-order valence-electron chi connectivity index (χ1n) is 4.04. The second kappa shape index (κ2) is 2.66. The molecule has 2 rings (SSSR count). The fourth-order valence-corrected chi connectivity index (χ4v) is 1.43. The molecule has 11 heavy (non-hydrogen) atoms. The maximum absolute atomic E-state index is 5.49. The van der Waals surface area contributed by atoms with E-state index in [0.717, 1.165) is 11.5 Å². The third kappa shape index (κ3) is 1.05. The molecule has 1 saturated carbocycles. The average molecular weight is 152 g/mol. The van der Waals surface area contributed by atoms with Gasteiger partial charge in [0, 0.05) is 12.5 Å². The number of nitrogens with zero attached hydrogens (tertiary/aromatic N) is 1. The predicted molar refractivity (Wildman–Crippen MR) is 41.0 cm³/mol. The Labute approximate surface area is 65.6 Å². The molecule has 0 radical (unpaired) electrons. The monoisotopic (exact) mass is 152 g/mol. The third-order valence-electron chi connectivity index (χ3n) is 2.34. The van der Waals surface area contributed by atoms with Crippen LogP contribution in [0.15, 0.2) is 10.8 Å². The second-order valence-corrected chi connectivity index (χ2v) is 3.00. The van der Waals surface area contributed by atoms with Gasteiger partial charge < -0.3 is 10.2 Å². The molecule has 1 heterocycles. The largest absolute Gasteiger partial charge is 0.448 e. The first kappa shape index (κ1) is 6.85. The van der Waals surface area contributed by atoms with Crippen molar-refractivity contribution in [1.82, 2.24) is 4.98 Å². The summed E-state index contributed by atoms with van der Waals surface area (Å²) < 4.78 is 5.27. The van der Waals surface area contributed by atoms with Gasteiger partial charge in [-0.15, -0.1) is 0 Å². The van der Waals surface area contributed by atoms with E-state index in [0.29, 0.717) is 12.5 Å². The molecule has 3 nitrogen and oxygen atoms in total. The minimum absolute atomic E-state index is 0.502. The Morgan fingerprint density at radius 2 is 2.45 bits per heavy atom. The summed E-state index contributed by atoms with van der Waals surface area (Å²) in [4.78, 5) is 4.05. The summed E-state index contributed by atoms with van der Waals surface area (Å²) in [6.45, 7) is 0.502. The Balaban J connectivity index is 2.20. The molecule has 60 valence electrons. The van der Waals surface area contributed by atoms with Crippen molar-refractivity contribution in [2.45, 2.75) is 31.7 Å². The minimum Gasteiger partial charge on any atom is -0.448 e. The van der Waals surface area contributed by atoms with Crippen LogP contribution in [0.2, 0.25) is 0 Å². The summed E-state index contributed by atoms with van der Waals surface area (Å²) in [5.41, 5.74) is 6.43. The molecule has 1 aliphatic rings. The van der Waals surface area contributed by atoms with Crippen molar-refractivity contribution in [2.24, 2.45) is 5.73 Å². The first-order valence-corrected chi connectivity index (χ1v) is 4.04. The molecule has 3 heteroatoms. The van der Waals surface area contributed by atoms with Crippen LogP contribution in [0, 0.1) is 0 Å². The van der Waals surface area contributed by atoms with Gasteiger partial charge >= 0.3 is 0 Å². The van der Waals surface area contributed by atoms with Crippen LogP contribution in [0.25, 0.3) is 0 Å². The predicted octanol–water partition coefficient (Wildman–Crippen LogP) is 1.40. The Bertz CT molecular complexity index is 240. The van der Waals surface area contributed by atoms with E-state index in [2.05, 4.69) is 4.98 Å². The van der Waals surface area contributed by atoms with E-state index in [1.165, 1.54) is 25.7 Å². The van der Waals surface area contributed by atoms with E-state index in [1.807, 2.05) is 0 Å². The first-order chi connectivity index (χ1) is 5.42. The van der Waals surface area contributed by atoms with Crippen molar-refractivity contribution in [3.8, 4) is 0 Å². The number of aromatic nitrogens is 1. The zero-order valence-corrected chi connectivity index (χ0v) is 6.42. The molecule has 0 bridgehead atoms. The van der Waals surface area contributed by atoms with Crippen LogP contribution >= 0.6 is 0 Å². The van der Waals surface area contributed by atoms with Crippen molar-refractivity contribution in [2.75, 3.05) is 0 Å². The van der Waals surface area contributed by atoms with Gasteiger partial charge in [0.15, 0.2) is 6.39 Å². The number of hydrogen-bond donors (Lipinski definition) is 1. The van der Waals surface area contributed by atoms with E-state index in [9.17, 15) is 0 Å². The van der Waals surface area contributed by atoms with Gasteiger partial charge in [-0.25, -0.2) is 4.98 Å². The van der Waals surface area contributed by atoms with Crippen LogP contribution < -0.4 is 5.73 Å². The summed E-state index contributed by atoms with van der Waals surface area (Å²) in [5.74, 6) is 1.63. The van der Waals surface area contributed by atoms with Gasteiger partial charge in [-0.3, -0.25) is 0 Å². The zero-order valence-electron chi connectivity index (χ0n) is 6.42. The van der Waals surface area contributed by atoms with Crippen LogP contribution in [0.5, 0.6) is 0 Å². The Kier molecular flexibility index (Phi) is 1.66. The maximum Gasteiger partial charge on any atom is 0.181 e. The van der Waals surface area contributed by atoms with Gasteiger partial charge in [0.05, 0.1) is 5.69 Å². The minimum atomic E-state index is 0.502. The summed E-state index contributed by atoms with van der Waals surface area (Å²) in [5, 5.41) is 0. The smallest absolute Gasteiger partial charge is 0.181 e. The van der Waals surface area contributed by atoms with Gasteiger partial charge in [-0.05, 0) is 12.8 Å². The van der Waals surface area contributed by atoms with Crippen molar-refractivity contribution in [3.63, 3.8) is 0 Å². The van der Waals surface area contributed by atoms with Gasteiger partial charge in [-0.2, -0.15) is 0 Å². The van der Waals surface area contributed by atoms with Crippen LogP contribution in [0.3, 0.4) is 0 Å². The van der Waals surface area contributed by atoms with E-state index < -0.39 is 0 Å². The van der Waals surface area contributed by atoms with Crippen LogP contribution in [0.1, 0.15) is 36.6 Å². The molecule has 1 fully saturated rings. The summed E-state index contributed by atoms with van der Waals surface area (Å²) >= 11 is 0. The van der Waals surface area contributed by atoms with Crippen molar-refractivity contribution in [3.05, 3.63) is 17.8 Å². The third-order valence-corrected chi connectivity index (χ3v) is 2.34. The highest BCUT2D eigenvalue weighted by Gasteiger charge is 2.25. The Hall–Kier alpha value is -0.830. The molecule has 0 saturated heterocycles. The maximum atomic E-state index is 5.49.